The summed E-state index contributed by atoms with van der Waals surface area (Å²) in [5.41, 5.74) is 2.50. The van der Waals surface area contributed by atoms with Crippen LogP contribution < -0.4 is 4.74 Å². The number of hydrogen-bond donors (Lipinski definition) is 0. The first-order valence-electron chi connectivity index (χ1n) is 7.43. The summed E-state index contributed by atoms with van der Waals surface area (Å²) in [7, 11) is -0.935. The second-order valence-corrected chi connectivity index (χ2v) is 13.4. The lowest BCUT2D eigenvalue weighted by Crippen LogP contribution is -2.19. The smallest absolute Gasteiger partial charge is 0.119 e. The number of halogens is 1. The van der Waals surface area contributed by atoms with Crippen molar-refractivity contribution in [2.45, 2.75) is 32.1 Å². The Balaban J connectivity index is 1.90. The summed E-state index contributed by atoms with van der Waals surface area (Å²) in [5.74, 6) is 0.972. The van der Waals surface area contributed by atoms with Gasteiger partial charge in [0.25, 0.3) is 0 Å². The number of hydrogen-bond acceptors (Lipinski definition) is 1. The van der Waals surface area contributed by atoms with Gasteiger partial charge in [-0.15, -0.1) is 0 Å². The summed E-state index contributed by atoms with van der Waals surface area (Å²) in [4.78, 5) is 0. The highest BCUT2D eigenvalue weighted by Crippen LogP contribution is 2.24. The molecule has 0 aliphatic rings. The van der Waals surface area contributed by atoms with E-state index >= 15 is 0 Å². The molecule has 3 heteroatoms. The zero-order chi connectivity index (χ0) is 15.3. The standard InChI is InChI=1S/C18H23IOSi/c1-21(2,3)13-5-12-20-18-10-8-15(9-11-18)16-6-4-7-17(19)14-16/h4,6-11,14H,5,12-13H2,1-3H3. The Morgan fingerprint density at radius 3 is 2.29 bits per heavy atom. The maximum atomic E-state index is 5.84. The van der Waals surface area contributed by atoms with Crippen LogP contribution in [0.3, 0.4) is 0 Å². The molecule has 0 heterocycles. The van der Waals surface area contributed by atoms with Crippen LogP contribution in [0, 0.1) is 3.57 Å². The highest BCUT2D eigenvalue weighted by atomic mass is 127. The second kappa shape index (κ2) is 7.45. The van der Waals surface area contributed by atoms with Crippen LogP contribution in [0.1, 0.15) is 6.42 Å². The Hall–Kier alpha value is -0.813. The maximum absolute atomic E-state index is 5.84. The molecule has 21 heavy (non-hydrogen) atoms. The van der Waals surface area contributed by atoms with Crippen molar-refractivity contribution in [2.75, 3.05) is 6.61 Å². The number of ether oxygens (including phenoxy) is 1. The van der Waals surface area contributed by atoms with Gasteiger partial charge in [-0.05, 0) is 64.4 Å². The predicted molar refractivity (Wildman–Crippen MR) is 103 cm³/mol. The van der Waals surface area contributed by atoms with Gasteiger partial charge < -0.3 is 4.74 Å². The second-order valence-electron chi connectivity index (χ2n) is 6.55. The third-order valence-electron chi connectivity index (χ3n) is 3.35. The van der Waals surface area contributed by atoms with Crippen molar-refractivity contribution >= 4 is 30.7 Å². The van der Waals surface area contributed by atoms with Crippen molar-refractivity contribution in [3.05, 3.63) is 52.1 Å². The van der Waals surface area contributed by atoms with Crippen molar-refractivity contribution < 1.29 is 4.74 Å². The molecule has 0 aromatic heterocycles. The predicted octanol–water partition coefficient (Wildman–Crippen LogP) is 6.07. The molecule has 0 saturated heterocycles. The molecule has 2 aromatic rings. The van der Waals surface area contributed by atoms with E-state index in [9.17, 15) is 0 Å². The highest BCUT2D eigenvalue weighted by molar-refractivity contribution is 14.1. The fourth-order valence-electron chi connectivity index (χ4n) is 2.20. The van der Waals surface area contributed by atoms with Gasteiger partial charge in [-0.3, -0.25) is 0 Å². The van der Waals surface area contributed by atoms with Crippen molar-refractivity contribution in [3.8, 4) is 16.9 Å². The van der Waals surface area contributed by atoms with Crippen LogP contribution in [-0.4, -0.2) is 14.7 Å². The summed E-state index contributed by atoms with van der Waals surface area (Å²) >= 11 is 2.35. The van der Waals surface area contributed by atoms with Gasteiger partial charge >= 0.3 is 0 Å². The summed E-state index contributed by atoms with van der Waals surface area (Å²) in [6, 6.07) is 18.3. The van der Waals surface area contributed by atoms with E-state index in [0.717, 1.165) is 18.8 Å². The summed E-state index contributed by atoms with van der Waals surface area (Å²) < 4.78 is 7.10. The molecule has 1 nitrogen and oxygen atoms in total. The van der Waals surface area contributed by atoms with E-state index in [0.29, 0.717) is 0 Å². The molecular weight excluding hydrogens is 387 g/mol. The fraction of sp³-hybridized carbons (Fsp3) is 0.333. The molecule has 0 fully saturated rings. The number of rotatable bonds is 6. The topological polar surface area (TPSA) is 9.23 Å². The summed E-state index contributed by atoms with van der Waals surface area (Å²) in [5, 5.41) is 0. The van der Waals surface area contributed by atoms with E-state index in [1.165, 1.54) is 20.7 Å². The quantitative estimate of drug-likeness (QED) is 0.319. The molecule has 2 aromatic carbocycles. The molecule has 0 saturated carbocycles. The molecule has 0 bridgehead atoms. The molecule has 0 aliphatic carbocycles. The van der Waals surface area contributed by atoms with Gasteiger partial charge in [0.2, 0.25) is 0 Å². The normalized spacial score (nSPS) is 11.4. The lowest BCUT2D eigenvalue weighted by Gasteiger charge is -2.15. The average molecular weight is 410 g/mol. The van der Waals surface area contributed by atoms with E-state index in [1.54, 1.807) is 0 Å². The molecule has 2 rings (SSSR count). The van der Waals surface area contributed by atoms with Crippen molar-refractivity contribution in [1.29, 1.82) is 0 Å². The van der Waals surface area contributed by atoms with Crippen molar-refractivity contribution in [3.63, 3.8) is 0 Å². The van der Waals surface area contributed by atoms with E-state index in [-0.39, 0.29) is 0 Å². The van der Waals surface area contributed by atoms with Crippen molar-refractivity contribution in [1.82, 2.24) is 0 Å². The Kier molecular flexibility index (Phi) is 5.87. The van der Waals surface area contributed by atoms with Gasteiger partial charge in [0.05, 0.1) is 6.61 Å². The molecule has 0 spiro atoms. The Morgan fingerprint density at radius 1 is 0.952 bits per heavy atom. The maximum Gasteiger partial charge on any atom is 0.119 e. The SMILES string of the molecule is C[Si](C)(C)CCCOc1ccc(-c2cccc(I)c2)cc1. The van der Waals surface area contributed by atoms with Crippen LogP contribution in [0.5, 0.6) is 5.75 Å². The van der Waals surface area contributed by atoms with E-state index in [4.69, 9.17) is 4.74 Å². The molecule has 0 aliphatic heterocycles. The Morgan fingerprint density at radius 2 is 1.67 bits per heavy atom. The van der Waals surface area contributed by atoms with Crippen molar-refractivity contribution in [2.24, 2.45) is 0 Å². The third kappa shape index (κ3) is 5.83. The largest absolute Gasteiger partial charge is 0.494 e. The van der Waals surface area contributed by atoms with Crippen LogP contribution in [0.2, 0.25) is 25.7 Å². The molecule has 0 N–H and O–H groups in total. The minimum atomic E-state index is -0.935. The monoisotopic (exact) mass is 410 g/mol. The van der Waals surface area contributed by atoms with Crippen LogP contribution in [0.25, 0.3) is 11.1 Å². The Bertz CT molecular complexity index is 573. The first-order valence-corrected chi connectivity index (χ1v) is 12.2. The van der Waals surface area contributed by atoms with Crippen LogP contribution in [0.15, 0.2) is 48.5 Å². The zero-order valence-corrected chi connectivity index (χ0v) is 16.2. The van der Waals surface area contributed by atoms with E-state index in [2.05, 4.69) is 90.8 Å². The Labute approximate surface area is 142 Å². The summed E-state index contributed by atoms with van der Waals surface area (Å²) in [6.07, 6.45) is 1.16. The average Bonchev–Trinajstić information content (AvgIpc) is 2.43. The molecular formula is C18H23IOSi. The first kappa shape index (κ1) is 16.6. The third-order valence-corrected chi connectivity index (χ3v) is 5.88. The minimum absolute atomic E-state index is 0.826. The van der Waals surface area contributed by atoms with E-state index in [1.807, 2.05) is 0 Å². The lowest BCUT2D eigenvalue weighted by molar-refractivity contribution is 0.317. The van der Waals surface area contributed by atoms with Crippen LogP contribution in [-0.2, 0) is 0 Å². The van der Waals surface area contributed by atoms with Gasteiger partial charge in [-0.1, -0.05) is 50.0 Å². The number of benzene rings is 2. The lowest BCUT2D eigenvalue weighted by atomic mass is 10.1. The highest BCUT2D eigenvalue weighted by Gasteiger charge is 2.11. The van der Waals surface area contributed by atoms with Gasteiger partial charge in [-0.25, -0.2) is 0 Å². The molecule has 0 atom stereocenters. The molecule has 0 amide bonds. The first-order chi connectivity index (χ1) is 9.94. The van der Waals surface area contributed by atoms with Crippen LogP contribution >= 0.6 is 22.6 Å². The summed E-state index contributed by atoms with van der Waals surface area (Å²) in [6.45, 7) is 8.04. The van der Waals surface area contributed by atoms with Gasteiger partial charge in [0.1, 0.15) is 5.75 Å². The van der Waals surface area contributed by atoms with E-state index < -0.39 is 8.07 Å². The molecule has 112 valence electrons. The minimum Gasteiger partial charge on any atom is -0.494 e. The molecule has 0 unspecified atom stereocenters. The molecule has 0 radical (unpaired) electrons. The fourth-order valence-corrected chi connectivity index (χ4v) is 3.95. The zero-order valence-electron chi connectivity index (χ0n) is 13.0. The van der Waals surface area contributed by atoms with Gasteiger partial charge in [0, 0.05) is 11.6 Å². The van der Waals surface area contributed by atoms with Crippen LogP contribution in [0.4, 0.5) is 0 Å². The van der Waals surface area contributed by atoms with Gasteiger partial charge in [0.15, 0.2) is 0 Å². The van der Waals surface area contributed by atoms with Gasteiger partial charge in [-0.2, -0.15) is 0 Å².